The van der Waals surface area contributed by atoms with Crippen molar-refractivity contribution in [2.75, 3.05) is 19.6 Å². The first-order chi connectivity index (χ1) is 14.1. The van der Waals surface area contributed by atoms with Gasteiger partial charge in [0.1, 0.15) is 0 Å². The predicted molar refractivity (Wildman–Crippen MR) is 124 cm³/mol. The third-order valence-corrected chi connectivity index (χ3v) is 6.56. The molecular formula is C24H31ClN2O2S. The Morgan fingerprint density at radius 1 is 1.20 bits per heavy atom. The molecule has 1 aliphatic heterocycles. The number of amides is 2. The van der Waals surface area contributed by atoms with Crippen LogP contribution in [0.1, 0.15) is 56.7 Å². The van der Waals surface area contributed by atoms with Crippen molar-refractivity contribution in [2.24, 2.45) is 11.3 Å². The third-order valence-electron chi connectivity index (χ3n) is 5.31. The van der Waals surface area contributed by atoms with Crippen molar-refractivity contribution in [1.82, 2.24) is 9.80 Å². The van der Waals surface area contributed by atoms with Crippen molar-refractivity contribution in [3.8, 4) is 0 Å². The molecule has 0 bridgehead atoms. The minimum Gasteiger partial charge on any atom is -0.333 e. The van der Waals surface area contributed by atoms with E-state index in [0.29, 0.717) is 24.0 Å². The second kappa shape index (κ2) is 9.11. The van der Waals surface area contributed by atoms with Gasteiger partial charge in [-0.1, -0.05) is 58.4 Å². The van der Waals surface area contributed by atoms with E-state index in [1.807, 2.05) is 49.9 Å². The monoisotopic (exact) mass is 446 g/mol. The summed E-state index contributed by atoms with van der Waals surface area (Å²) in [6.07, 6.45) is 0.847. The van der Waals surface area contributed by atoms with Crippen molar-refractivity contribution in [2.45, 2.75) is 47.1 Å². The molecule has 4 nitrogen and oxygen atoms in total. The molecule has 6 heteroatoms. The number of hydrogen-bond donors (Lipinski definition) is 0. The Kier molecular flexibility index (Phi) is 6.93. The highest BCUT2D eigenvalue weighted by molar-refractivity contribution is 7.10. The SMILES string of the molecule is CC(C)CN(CC(=O)N1CCc2sccc2C1c1ccc(Cl)cc1)C(=O)C(C)(C)C. The van der Waals surface area contributed by atoms with Crippen LogP contribution in [-0.2, 0) is 16.0 Å². The molecule has 0 saturated heterocycles. The number of halogens is 1. The van der Waals surface area contributed by atoms with Crippen LogP contribution in [0.2, 0.25) is 5.02 Å². The zero-order valence-corrected chi connectivity index (χ0v) is 20.0. The largest absolute Gasteiger partial charge is 0.333 e. The van der Waals surface area contributed by atoms with Gasteiger partial charge in [-0.15, -0.1) is 11.3 Å². The molecule has 3 rings (SSSR count). The first kappa shape index (κ1) is 22.8. The van der Waals surface area contributed by atoms with Gasteiger partial charge < -0.3 is 9.80 Å². The first-order valence-electron chi connectivity index (χ1n) is 10.5. The van der Waals surface area contributed by atoms with E-state index in [9.17, 15) is 9.59 Å². The molecule has 1 atom stereocenters. The normalized spacial score (nSPS) is 16.5. The highest BCUT2D eigenvalue weighted by atomic mass is 35.5. The smallest absolute Gasteiger partial charge is 0.242 e. The van der Waals surface area contributed by atoms with E-state index >= 15 is 0 Å². The van der Waals surface area contributed by atoms with Gasteiger partial charge in [0.25, 0.3) is 0 Å². The second-order valence-electron chi connectivity index (χ2n) is 9.42. The summed E-state index contributed by atoms with van der Waals surface area (Å²) in [5.74, 6) is 0.298. The number of carbonyl (C=O) groups excluding carboxylic acids is 2. The lowest BCUT2D eigenvalue weighted by atomic mass is 9.92. The molecule has 0 saturated carbocycles. The average Bonchev–Trinajstić information content (AvgIpc) is 3.14. The van der Waals surface area contributed by atoms with Crippen LogP contribution in [-0.4, -0.2) is 41.2 Å². The fourth-order valence-electron chi connectivity index (χ4n) is 3.98. The van der Waals surface area contributed by atoms with E-state index in [0.717, 1.165) is 12.0 Å². The van der Waals surface area contributed by atoms with E-state index in [4.69, 9.17) is 11.6 Å². The maximum atomic E-state index is 13.5. The van der Waals surface area contributed by atoms with Crippen molar-refractivity contribution in [3.63, 3.8) is 0 Å². The maximum absolute atomic E-state index is 13.5. The summed E-state index contributed by atoms with van der Waals surface area (Å²) in [4.78, 5) is 31.5. The van der Waals surface area contributed by atoms with Gasteiger partial charge >= 0.3 is 0 Å². The molecule has 0 N–H and O–H groups in total. The van der Waals surface area contributed by atoms with Gasteiger partial charge in [0.05, 0.1) is 12.6 Å². The Balaban J connectivity index is 1.90. The van der Waals surface area contributed by atoms with Crippen LogP contribution >= 0.6 is 22.9 Å². The number of fused-ring (bicyclic) bond motifs is 1. The van der Waals surface area contributed by atoms with Gasteiger partial charge in [-0.3, -0.25) is 9.59 Å². The van der Waals surface area contributed by atoms with Crippen molar-refractivity contribution in [1.29, 1.82) is 0 Å². The molecule has 1 aromatic carbocycles. The Labute approximate surface area is 188 Å². The maximum Gasteiger partial charge on any atom is 0.242 e. The molecule has 0 fully saturated rings. The lowest BCUT2D eigenvalue weighted by Crippen LogP contribution is -2.49. The van der Waals surface area contributed by atoms with E-state index < -0.39 is 5.41 Å². The number of thiophene rings is 1. The summed E-state index contributed by atoms with van der Waals surface area (Å²) < 4.78 is 0. The molecule has 0 aliphatic carbocycles. The van der Waals surface area contributed by atoms with E-state index in [-0.39, 0.29) is 24.4 Å². The van der Waals surface area contributed by atoms with Crippen LogP contribution in [0.5, 0.6) is 0 Å². The molecule has 0 radical (unpaired) electrons. The van der Waals surface area contributed by atoms with Gasteiger partial charge in [-0.05, 0) is 47.0 Å². The average molecular weight is 447 g/mol. The zero-order chi connectivity index (χ0) is 22.1. The van der Waals surface area contributed by atoms with Crippen LogP contribution in [0.15, 0.2) is 35.7 Å². The standard InChI is InChI=1S/C24H31ClN2O2S/c1-16(2)14-26(23(29)24(3,4)5)15-21(28)27-12-10-20-19(11-13-30-20)22(27)17-6-8-18(25)9-7-17/h6-9,11,13,16,22H,10,12,14-15H2,1-5H3. The summed E-state index contributed by atoms with van der Waals surface area (Å²) in [6, 6.07) is 9.70. The molecule has 2 amide bonds. The van der Waals surface area contributed by atoms with E-state index in [1.165, 1.54) is 10.4 Å². The first-order valence-corrected chi connectivity index (χ1v) is 11.7. The Morgan fingerprint density at radius 3 is 2.47 bits per heavy atom. The lowest BCUT2D eigenvalue weighted by molar-refractivity contribution is -0.146. The fourth-order valence-corrected chi connectivity index (χ4v) is 5.01. The van der Waals surface area contributed by atoms with Gasteiger partial charge in [0.15, 0.2) is 0 Å². The number of rotatable bonds is 5. The fraction of sp³-hybridized carbons (Fsp3) is 0.500. The summed E-state index contributed by atoms with van der Waals surface area (Å²) in [6.45, 7) is 11.2. The third kappa shape index (κ3) is 5.06. The zero-order valence-electron chi connectivity index (χ0n) is 18.4. The Hall–Kier alpha value is -1.85. The quantitative estimate of drug-likeness (QED) is 0.616. The number of hydrogen-bond acceptors (Lipinski definition) is 3. The molecule has 1 unspecified atom stereocenters. The summed E-state index contributed by atoms with van der Waals surface area (Å²) >= 11 is 7.84. The Bertz CT molecular complexity index is 899. The number of benzene rings is 1. The van der Waals surface area contributed by atoms with Gasteiger partial charge in [-0.2, -0.15) is 0 Å². The van der Waals surface area contributed by atoms with E-state index in [1.54, 1.807) is 16.2 Å². The Morgan fingerprint density at radius 2 is 1.87 bits per heavy atom. The van der Waals surface area contributed by atoms with Gasteiger partial charge in [-0.25, -0.2) is 0 Å². The second-order valence-corrected chi connectivity index (χ2v) is 10.9. The van der Waals surface area contributed by atoms with Crippen LogP contribution < -0.4 is 0 Å². The minimum absolute atomic E-state index is 0.00921. The molecule has 2 aromatic rings. The molecular weight excluding hydrogens is 416 g/mol. The summed E-state index contributed by atoms with van der Waals surface area (Å²) in [5.41, 5.74) is 1.71. The van der Waals surface area contributed by atoms with Crippen molar-refractivity contribution >= 4 is 34.8 Å². The van der Waals surface area contributed by atoms with Crippen molar-refractivity contribution in [3.05, 3.63) is 56.7 Å². The van der Waals surface area contributed by atoms with Gasteiger partial charge in [0, 0.05) is 28.4 Å². The van der Waals surface area contributed by atoms with E-state index in [2.05, 4.69) is 25.3 Å². The molecule has 2 heterocycles. The summed E-state index contributed by atoms with van der Waals surface area (Å²) in [7, 11) is 0. The van der Waals surface area contributed by atoms with Gasteiger partial charge in [0.2, 0.25) is 11.8 Å². The lowest BCUT2D eigenvalue weighted by Gasteiger charge is -2.38. The molecule has 1 aromatic heterocycles. The molecule has 162 valence electrons. The van der Waals surface area contributed by atoms with Crippen LogP contribution in [0.3, 0.4) is 0 Å². The molecule has 30 heavy (non-hydrogen) atoms. The van der Waals surface area contributed by atoms with Crippen LogP contribution in [0.4, 0.5) is 0 Å². The van der Waals surface area contributed by atoms with Crippen LogP contribution in [0.25, 0.3) is 0 Å². The predicted octanol–water partition coefficient (Wildman–Crippen LogP) is 5.41. The molecule has 0 spiro atoms. The highest BCUT2D eigenvalue weighted by Gasteiger charge is 2.35. The van der Waals surface area contributed by atoms with Crippen molar-refractivity contribution < 1.29 is 9.59 Å². The molecule has 1 aliphatic rings. The van der Waals surface area contributed by atoms with Crippen LogP contribution in [0, 0.1) is 11.3 Å². The topological polar surface area (TPSA) is 40.6 Å². The number of nitrogens with zero attached hydrogens (tertiary/aromatic N) is 2. The summed E-state index contributed by atoms with van der Waals surface area (Å²) in [5, 5.41) is 2.77. The number of carbonyl (C=O) groups is 2. The minimum atomic E-state index is -0.521. The highest BCUT2D eigenvalue weighted by Crippen LogP contribution is 2.38.